The van der Waals surface area contributed by atoms with Crippen molar-refractivity contribution in [3.05, 3.63) is 65.7 Å². The lowest BCUT2D eigenvalue weighted by molar-refractivity contribution is -0.138. The first-order valence-corrected chi connectivity index (χ1v) is 7.03. The van der Waals surface area contributed by atoms with E-state index in [-0.39, 0.29) is 17.7 Å². The first kappa shape index (κ1) is 15.0. The van der Waals surface area contributed by atoms with Crippen LogP contribution in [0.15, 0.2) is 54.6 Å². The van der Waals surface area contributed by atoms with Gasteiger partial charge in [0.25, 0.3) is 0 Å². The summed E-state index contributed by atoms with van der Waals surface area (Å²) in [5, 5.41) is 0. The summed E-state index contributed by atoms with van der Waals surface area (Å²) in [4.78, 5) is 24.1. The third kappa shape index (κ3) is 3.78. The summed E-state index contributed by atoms with van der Waals surface area (Å²) in [6.07, 6.45) is 0.724. The molecule has 3 nitrogen and oxygen atoms in total. The molecule has 2 aromatic rings. The molecule has 0 amide bonds. The summed E-state index contributed by atoms with van der Waals surface area (Å²) in [6, 6.07) is 15.8. The van der Waals surface area contributed by atoms with Gasteiger partial charge in [0, 0.05) is 11.1 Å². The van der Waals surface area contributed by atoms with Gasteiger partial charge >= 0.3 is 5.97 Å². The standard InChI is InChI=1S/C18H18O3/c1-3-13(2)18(20)21-16-11-7-10-15(12-16)17(19)14-8-5-4-6-9-14/h4-13H,3H2,1-2H3. The van der Waals surface area contributed by atoms with E-state index in [1.807, 2.05) is 32.0 Å². The first-order chi connectivity index (χ1) is 10.1. The molecule has 0 aromatic heterocycles. The first-order valence-electron chi connectivity index (χ1n) is 7.03. The molecule has 3 heteroatoms. The van der Waals surface area contributed by atoms with Gasteiger partial charge in [-0.25, -0.2) is 0 Å². The molecule has 0 bridgehead atoms. The second-order valence-electron chi connectivity index (χ2n) is 4.95. The second-order valence-corrected chi connectivity index (χ2v) is 4.95. The maximum atomic E-state index is 12.3. The van der Waals surface area contributed by atoms with E-state index in [2.05, 4.69) is 0 Å². The molecule has 0 aliphatic heterocycles. The highest BCUT2D eigenvalue weighted by Crippen LogP contribution is 2.18. The Morgan fingerprint density at radius 3 is 2.33 bits per heavy atom. The molecule has 0 fully saturated rings. The Bertz CT molecular complexity index is 632. The minimum atomic E-state index is -0.276. The lowest BCUT2D eigenvalue weighted by Crippen LogP contribution is -2.17. The fourth-order valence-corrected chi connectivity index (χ4v) is 1.84. The molecule has 0 saturated carbocycles. The van der Waals surface area contributed by atoms with E-state index in [4.69, 9.17) is 4.74 Å². The van der Waals surface area contributed by atoms with Gasteiger partial charge in [0.05, 0.1) is 5.92 Å². The molecule has 0 saturated heterocycles. The van der Waals surface area contributed by atoms with Crippen LogP contribution in [0.4, 0.5) is 0 Å². The van der Waals surface area contributed by atoms with E-state index in [9.17, 15) is 9.59 Å². The maximum absolute atomic E-state index is 12.3. The summed E-state index contributed by atoms with van der Waals surface area (Å²) >= 11 is 0. The maximum Gasteiger partial charge on any atom is 0.314 e. The zero-order valence-corrected chi connectivity index (χ0v) is 12.2. The number of rotatable bonds is 5. The molecule has 2 aromatic carbocycles. The Labute approximate surface area is 124 Å². The number of ether oxygens (including phenoxy) is 1. The largest absolute Gasteiger partial charge is 0.426 e. The minimum absolute atomic E-state index is 0.0861. The Morgan fingerprint density at radius 1 is 1.00 bits per heavy atom. The van der Waals surface area contributed by atoms with Crippen LogP contribution >= 0.6 is 0 Å². The molecule has 2 rings (SSSR count). The molecular formula is C18H18O3. The summed E-state index contributed by atoms with van der Waals surface area (Å²) in [5.41, 5.74) is 1.12. The van der Waals surface area contributed by atoms with Crippen LogP contribution in [0.1, 0.15) is 36.2 Å². The topological polar surface area (TPSA) is 43.4 Å². The Hall–Kier alpha value is -2.42. The van der Waals surface area contributed by atoms with Crippen LogP contribution in [0.3, 0.4) is 0 Å². The van der Waals surface area contributed by atoms with Crippen LogP contribution in [0, 0.1) is 5.92 Å². The van der Waals surface area contributed by atoms with Crippen LogP contribution in [0.5, 0.6) is 5.75 Å². The second kappa shape index (κ2) is 6.84. The van der Waals surface area contributed by atoms with Crippen molar-refractivity contribution >= 4 is 11.8 Å². The molecule has 0 radical (unpaired) electrons. The molecule has 0 aliphatic rings. The highest BCUT2D eigenvalue weighted by Gasteiger charge is 2.14. The van der Waals surface area contributed by atoms with Gasteiger partial charge in [-0.2, -0.15) is 0 Å². The third-order valence-electron chi connectivity index (χ3n) is 3.37. The van der Waals surface area contributed by atoms with Crippen molar-refractivity contribution in [2.75, 3.05) is 0 Å². The number of carbonyl (C=O) groups is 2. The SMILES string of the molecule is CCC(C)C(=O)Oc1cccc(C(=O)c2ccccc2)c1. The van der Waals surface area contributed by atoms with Gasteiger partial charge in [-0.1, -0.05) is 56.3 Å². The van der Waals surface area contributed by atoms with Crippen molar-refractivity contribution in [2.45, 2.75) is 20.3 Å². The van der Waals surface area contributed by atoms with Crippen LogP contribution < -0.4 is 4.74 Å². The van der Waals surface area contributed by atoms with Gasteiger partial charge in [-0.05, 0) is 18.6 Å². The van der Waals surface area contributed by atoms with Crippen molar-refractivity contribution in [2.24, 2.45) is 5.92 Å². The summed E-state index contributed by atoms with van der Waals surface area (Å²) < 4.78 is 5.30. The lowest BCUT2D eigenvalue weighted by Gasteiger charge is -2.09. The average molecular weight is 282 g/mol. The molecule has 1 atom stereocenters. The zero-order valence-electron chi connectivity index (χ0n) is 12.2. The van der Waals surface area contributed by atoms with Crippen molar-refractivity contribution in [3.8, 4) is 5.75 Å². The van der Waals surface area contributed by atoms with E-state index in [0.29, 0.717) is 16.9 Å². The zero-order chi connectivity index (χ0) is 15.2. The number of hydrogen-bond donors (Lipinski definition) is 0. The fourth-order valence-electron chi connectivity index (χ4n) is 1.84. The smallest absolute Gasteiger partial charge is 0.314 e. The van der Waals surface area contributed by atoms with Gasteiger partial charge in [-0.3, -0.25) is 9.59 Å². The number of carbonyl (C=O) groups excluding carboxylic acids is 2. The van der Waals surface area contributed by atoms with E-state index >= 15 is 0 Å². The number of benzene rings is 2. The van der Waals surface area contributed by atoms with Crippen LogP contribution in [0.25, 0.3) is 0 Å². The van der Waals surface area contributed by atoms with Gasteiger partial charge in [-0.15, -0.1) is 0 Å². The van der Waals surface area contributed by atoms with Gasteiger partial charge in [0.1, 0.15) is 5.75 Å². The van der Waals surface area contributed by atoms with E-state index in [0.717, 1.165) is 6.42 Å². The Kier molecular flexibility index (Phi) is 4.88. The lowest BCUT2D eigenvalue weighted by atomic mass is 10.0. The van der Waals surface area contributed by atoms with Crippen LogP contribution in [0.2, 0.25) is 0 Å². The van der Waals surface area contributed by atoms with Gasteiger partial charge in [0.2, 0.25) is 0 Å². The molecule has 0 aliphatic carbocycles. The highest BCUT2D eigenvalue weighted by atomic mass is 16.5. The van der Waals surface area contributed by atoms with Crippen molar-refractivity contribution in [1.29, 1.82) is 0 Å². The monoisotopic (exact) mass is 282 g/mol. The third-order valence-corrected chi connectivity index (χ3v) is 3.37. The number of hydrogen-bond acceptors (Lipinski definition) is 3. The molecule has 0 N–H and O–H groups in total. The quantitative estimate of drug-likeness (QED) is 0.475. The number of esters is 1. The van der Waals surface area contributed by atoms with E-state index in [1.165, 1.54) is 0 Å². The van der Waals surface area contributed by atoms with E-state index < -0.39 is 0 Å². The van der Waals surface area contributed by atoms with Crippen molar-refractivity contribution in [3.63, 3.8) is 0 Å². The molecule has 21 heavy (non-hydrogen) atoms. The predicted molar refractivity (Wildman–Crippen MR) is 81.4 cm³/mol. The average Bonchev–Trinajstić information content (AvgIpc) is 2.54. The van der Waals surface area contributed by atoms with E-state index in [1.54, 1.807) is 36.4 Å². The minimum Gasteiger partial charge on any atom is -0.426 e. The molecule has 1 unspecified atom stereocenters. The van der Waals surface area contributed by atoms with Gasteiger partial charge in [0.15, 0.2) is 5.78 Å². The summed E-state index contributed by atoms with van der Waals surface area (Å²) in [6.45, 7) is 3.75. The molecule has 0 heterocycles. The highest BCUT2D eigenvalue weighted by molar-refractivity contribution is 6.09. The van der Waals surface area contributed by atoms with Crippen molar-refractivity contribution in [1.82, 2.24) is 0 Å². The molecular weight excluding hydrogens is 264 g/mol. The number of ketones is 1. The summed E-state index contributed by atoms with van der Waals surface area (Å²) in [7, 11) is 0. The van der Waals surface area contributed by atoms with Gasteiger partial charge < -0.3 is 4.74 Å². The van der Waals surface area contributed by atoms with Crippen LogP contribution in [-0.4, -0.2) is 11.8 Å². The van der Waals surface area contributed by atoms with Crippen molar-refractivity contribution < 1.29 is 14.3 Å². The normalized spacial score (nSPS) is 11.7. The fraction of sp³-hybridized carbons (Fsp3) is 0.222. The summed E-state index contributed by atoms with van der Waals surface area (Å²) in [5.74, 6) is -0.112. The predicted octanol–water partition coefficient (Wildman–Crippen LogP) is 3.87. The van der Waals surface area contributed by atoms with Crippen LogP contribution in [-0.2, 0) is 4.79 Å². The molecule has 0 spiro atoms. The Morgan fingerprint density at radius 2 is 1.67 bits per heavy atom. The molecule has 108 valence electrons. The Balaban J connectivity index is 2.18.